The molecule has 0 saturated heterocycles. The summed E-state index contributed by atoms with van der Waals surface area (Å²) in [6, 6.07) is 13.9. The molecule has 0 bridgehead atoms. The molecular formula is C16H9Cl2NO2. The van der Waals surface area contributed by atoms with Gasteiger partial charge in [0.1, 0.15) is 5.52 Å². The molecule has 1 heterocycles. The molecule has 0 radical (unpaired) electrons. The molecule has 0 aliphatic heterocycles. The molecule has 0 amide bonds. The lowest BCUT2D eigenvalue weighted by atomic mass is 10.2. The number of esters is 1. The van der Waals surface area contributed by atoms with Crippen molar-refractivity contribution in [3.05, 3.63) is 70.3 Å². The van der Waals surface area contributed by atoms with Crippen LogP contribution < -0.4 is 4.74 Å². The first-order valence-corrected chi connectivity index (χ1v) is 6.92. The van der Waals surface area contributed by atoms with Crippen LogP contribution in [0.4, 0.5) is 0 Å². The molecule has 3 rings (SSSR count). The van der Waals surface area contributed by atoms with Gasteiger partial charge in [-0.05, 0) is 24.3 Å². The van der Waals surface area contributed by atoms with Crippen molar-refractivity contribution in [1.29, 1.82) is 0 Å². The fraction of sp³-hybridized carbons (Fsp3) is 0. The minimum absolute atomic E-state index is 0.147. The van der Waals surface area contributed by atoms with Crippen LogP contribution in [0, 0.1) is 0 Å². The second-order valence-electron chi connectivity index (χ2n) is 4.32. The summed E-state index contributed by atoms with van der Waals surface area (Å²) in [6.45, 7) is 0. The summed E-state index contributed by atoms with van der Waals surface area (Å²) in [5.74, 6) is -0.238. The summed E-state index contributed by atoms with van der Waals surface area (Å²) < 4.78 is 5.41. The number of ether oxygens (including phenoxy) is 1. The number of rotatable bonds is 2. The third kappa shape index (κ3) is 2.71. The maximum Gasteiger partial charge on any atom is 0.346 e. The Balaban J connectivity index is 2.01. The first-order chi connectivity index (χ1) is 10.2. The number of benzene rings is 2. The van der Waals surface area contributed by atoms with Gasteiger partial charge < -0.3 is 4.74 Å². The van der Waals surface area contributed by atoms with Crippen molar-refractivity contribution >= 4 is 40.1 Å². The molecule has 0 aliphatic rings. The summed E-state index contributed by atoms with van der Waals surface area (Å²) in [7, 11) is 0. The molecule has 0 N–H and O–H groups in total. The van der Waals surface area contributed by atoms with Gasteiger partial charge in [0, 0.05) is 11.6 Å². The van der Waals surface area contributed by atoms with Gasteiger partial charge >= 0.3 is 5.97 Å². The number of hydrogen-bond acceptors (Lipinski definition) is 3. The van der Waals surface area contributed by atoms with Gasteiger partial charge in [-0.15, -0.1) is 0 Å². The fourth-order valence-electron chi connectivity index (χ4n) is 2.00. The summed E-state index contributed by atoms with van der Waals surface area (Å²) in [6.07, 6.45) is 1.64. The highest BCUT2D eigenvalue weighted by molar-refractivity contribution is 6.39. The molecule has 5 heteroatoms. The zero-order chi connectivity index (χ0) is 14.8. The van der Waals surface area contributed by atoms with Gasteiger partial charge in [0.25, 0.3) is 0 Å². The second kappa shape index (κ2) is 5.72. The van der Waals surface area contributed by atoms with E-state index in [1.807, 2.05) is 18.2 Å². The van der Waals surface area contributed by atoms with Gasteiger partial charge in [-0.3, -0.25) is 4.98 Å². The summed E-state index contributed by atoms with van der Waals surface area (Å²) in [5, 5.41) is 1.38. The normalized spacial score (nSPS) is 10.6. The first kappa shape index (κ1) is 13.9. The van der Waals surface area contributed by atoms with Crippen molar-refractivity contribution in [3.63, 3.8) is 0 Å². The van der Waals surface area contributed by atoms with E-state index >= 15 is 0 Å². The van der Waals surface area contributed by atoms with Crippen molar-refractivity contribution in [3.8, 4) is 5.75 Å². The highest BCUT2D eigenvalue weighted by atomic mass is 35.5. The van der Waals surface area contributed by atoms with Crippen LogP contribution >= 0.6 is 23.2 Å². The number of aromatic nitrogens is 1. The average Bonchev–Trinajstić information content (AvgIpc) is 2.47. The number of hydrogen-bond donors (Lipinski definition) is 0. The number of pyridine rings is 1. The standard InChI is InChI=1S/C16H9Cl2NO2/c17-11-6-2-7-12(18)14(11)16(20)21-13-8-1-4-10-5-3-9-19-15(10)13/h1-9H. The fourth-order valence-corrected chi connectivity index (χ4v) is 2.55. The zero-order valence-corrected chi connectivity index (χ0v) is 12.2. The SMILES string of the molecule is O=C(Oc1cccc2cccnc12)c1c(Cl)cccc1Cl. The number of carbonyl (C=O) groups is 1. The van der Waals surface area contributed by atoms with Crippen LogP contribution in [0.1, 0.15) is 10.4 Å². The maximum absolute atomic E-state index is 12.3. The van der Waals surface area contributed by atoms with Crippen LogP contribution in [0.15, 0.2) is 54.7 Å². The van der Waals surface area contributed by atoms with Crippen molar-refractivity contribution in [2.75, 3.05) is 0 Å². The number of para-hydroxylation sites is 1. The summed E-state index contributed by atoms with van der Waals surface area (Å²) in [4.78, 5) is 16.5. The van der Waals surface area contributed by atoms with Gasteiger partial charge in [-0.1, -0.05) is 47.5 Å². The lowest BCUT2D eigenvalue weighted by Gasteiger charge is -2.09. The summed E-state index contributed by atoms with van der Waals surface area (Å²) in [5.41, 5.74) is 0.755. The van der Waals surface area contributed by atoms with Crippen molar-refractivity contribution < 1.29 is 9.53 Å². The van der Waals surface area contributed by atoms with Crippen molar-refractivity contribution in [2.45, 2.75) is 0 Å². The molecule has 2 aromatic carbocycles. The molecule has 21 heavy (non-hydrogen) atoms. The predicted molar refractivity (Wildman–Crippen MR) is 83.2 cm³/mol. The van der Waals surface area contributed by atoms with Crippen molar-refractivity contribution in [1.82, 2.24) is 4.98 Å². The van der Waals surface area contributed by atoms with Crippen LogP contribution in [0.25, 0.3) is 10.9 Å². The Morgan fingerprint density at radius 1 is 0.952 bits per heavy atom. The molecular weight excluding hydrogens is 309 g/mol. The van der Waals surface area contributed by atoms with Crippen LogP contribution in [-0.2, 0) is 0 Å². The number of carbonyl (C=O) groups excluding carboxylic acids is 1. The van der Waals surface area contributed by atoms with Crippen LogP contribution in [0.5, 0.6) is 5.75 Å². The smallest absolute Gasteiger partial charge is 0.346 e. The molecule has 0 atom stereocenters. The molecule has 0 spiro atoms. The molecule has 3 nitrogen and oxygen atoms in total. The Morgan fingerprint density at radius 2 is 1.62 bits per heavy atom. The van der Waals surface area contributed by atoms with E-state index in [-0.39, 0.29) is 15.6 Å². The van der Waals surface area contributed by atoms with E-state index in [0.717, 1.165) is 5.39 Å². The second-order valence-corrected chi connectivity index (χ2v) is 5.13. The third-order valence-electron chi connectivity index (χ3n) is 2.97. The highest BCUT2D eigenvalue weighted by Gasteiger charge is 2.18. The Hall–Kier alpha value is -2.10. The number of nitrogens with zero attached hydrogens (tertiary/aromatic N) is 1. The Kier molecular flexibility index (Phi) is 3.78. The van der Waals surface area contributed by atoms with E-state index in [0.29, 0.717) is 11.3 Å². The summed E-state index contributed by atoms with van der Waals surface area (Å²) >= 11 is 12.0. The number of fused-ring (bicyclic) bond motifs is 1. The van der Waals surface area contributed by atoms with Crippen LogP contribution in [0.2, 0.25) is 10.0 Å². The van der Waals surface area contributed by atoms with E-state index in [9.17, 15) is 4.79 Å². The highest BCUT2D eigenvalue weighted by Crippen LogP contribution is 2.28. The quantitative estimate of drug-likeness (QED) is 0.505. The molecule has 1 aromatic heterocycles. The molecule has 0 aliphatic carbocycles. The topological polar surface area (TPSA) is 39.2 Å². The van der Waals surface area contributed by atoms with E-state index in [1.54, 1.807) is 36.5 Å². The van der Waals surface area contributed by atoms with Crippen LogP contribution in [-0.4, -0.2) is 11.0 Å². The zero-order valence-electron chi connectivity index (χ0n) is 10.7. The van der Waals surface area contributed by atoms with Gasteiger partial charge in [0.15, 0.2) is 5.75 Å². The lowest BCUT2D eigenvalue weighted by molar-refractivity contribution is 0.0737. The van der Waals surface area contributed by atoms with E-state index in [2.05, 4.69) is 4.98 Å². The Labute approximate surface area is 131 Å². The molecule has 0 fully saturated rings. The maximum atomic E-state index is 12.3. The van der Waals surface area contributed by atoms with E-state index in [1.165, 1.54) is 0 Å². The molecule has 0 saturated carbocycles. The number of halogens is 2. The molecule has 3 aromatic rings. The monoisotopic (exact) mass is 317 g/mol. The van der Waals surface area contributed by atoms with Crippen molar-refractivity contribution in [2.24, 2.45) is 0 Å². The minimum atomic E-state index is -0.608. The van der Waals surface area contributed by atoms with Gasteiger partial charge in [0.05, 0.1) is 15.6 Å². The predicted octanol–water partition coefficient (Wildman–Crippen LogP) is 4.76. The van der Waals surface area contributed by atoms with Gasteiger partial charge in [-0.25, -0.2) is 4.79 Å². The minimum Gasteiger partial charge on any atom is -0.421 e. The van der Waals surface area contributed by atoms with Crippen LogP contribution in [0.3, 0.4) is 0 Å². The largest absolute Gasteiger partial charge is 0.421 e. The van der Waals surface area contributed by atoms with E-state index < -0.39 is 5.97 Å². The Bertz CT molecular complexity index is 808. The van der Waals surface area contributed by atoms with Gasteiger partial charge in [0.2, 0.25) is 0 Å². The van der Waals surface area contributed by atoms with Gasteiger partial charge in [-0.2, -0.15) is 0 Å². The molecule has 0 unspecified atom stereocenters. The third-order valence-corrected chi connectivity index (χ3v) is 3.60. The first-order valence-electron chi connectivity index (χ1n) is 6.17. The average molecular weight is 318 g/mol. The molecule has 104 valence electrons. The Morgan fingerprint density at radius 3 is 2.38 bits per heavy atom. The lowest BCUT2D eigenvalue weighted by Crippen LogP contribution is -2.10. The van der Waals surface area contributed by atoms with E-state index in [4.69, 9.17) is 27.9 Å².